The summed E-state index contributed by atoms with van der Waals surface area (Å²) in [7, 11) is -3.86. The molecule has 0 aliphatic carbocycles. The summed E-state index contributed by atoms with van der Waals surface area (Å²) in [6.07, 6.45) is 0.239. The zero-order valence-corrected chi connectivity index (χ0v) is 18.2. The van der Waals surface area contributed by atoms with Crippen LogP contribution in [0.2, 0.25) is 0 Å². The van der Waals surface area contributed by atoms with Crippen LogP contribution in [-0.4, -0.2) is 20.4 Å². The van der Waals surface area contributed by atoms with Crippen molar-refractivity contribution in [2.45, 2.75) is 38.1 Å². The molecule has 3 aromatic rings. The van der Waals surface area contributed by atoms with E-state index in [-0.39, 0.29) is 11.3 Å². The lowest BCUT2D eigenvalue weighted by molar-refractivity contribution is -0.117. The molecule has 30 heavy (non-hydrogen) atoms. The molecule has 0 spiro atoms. The second kappa shape index (κ2) is 9.24. The van der Waals surface area contributed by atoms with Gasteiger partial charge >= 0.3 is 0 Å². The Kier molecular flexibility index (Phi) is 6.70. The van der Waals surface area contributed by atoms with Crippen molar-refractivity contribution in [3.05, 3.63) is 95.1 Å². The molecule has 0 bridgehead atoms. The van der Waals surface area contributed by atoms with Gasteiger partial charge in [0.15, 0.2) is 0 Å². The van der Waals surface area contributed by atoms with E-state index in [0.29, 0.717) is 5.69 Å². The lowest BCUT2D eigenvalue weighted by atomic mass is 10.1. The quantitative estimate of drug-likeness (QED) is 0.601. The van der Waals surface area contributed by atoms with Crippen LogP contribution in [0.15, 0.2) is 77.7 Å². The number of benzene rings is 3. The third-order valence-electron chi connectivity index (χ3n) is 4.87. The molecule has 5 nitrogen and oxygen atoms in total. The number of nitrogens with one attached hydrogen (secondary N) is 2. The normalized spacial score (nSPS) is 12.4. The zero-order valence-electron chi connectivity index (χ0n) is 17.3. The fraction of sp³-hybridized carbons (Fsp3) is 0.208. The Morgan fingerprint density at radius 1 is 0.867 bits per heavy atom. The number of hydrogen-bond donors (Lipinski definition) is 2. The second-order valence-corrected chi connectivity index (χ2v) is 9.20. The molecule has 156 valence electrons. The van der Waals surface area contributed by atoms with Gasteiger partial charge in [-0.05, 0) is 56.5 Å². The summed E-state index contributed by atoms with van der Waals surface area (Å²) in [6.45, 7) is 5.77. The summed E-state index contributed by atoms with van der Waals surface area (Å²) in [5, 5.41) is 2.88. The van der Waals surface area contributed by atoms with Gasteiger partial charge in [0.25, 0.3) is 0 Å². The van der Waals surface area contributed by atoms with Crippen LogP contribution in [0.3, 0.4) is 0 Å². The Morgan fingerprint density at radius 3 is 2.13 bits per heavy atom. The van der Waals surface area contributed by atoms with Crippen molar-refractivity contribution in [3.8, 4) is 0 Å². The minimum absolute atomic E-state index is 0.130. The van der Waals surface area contributed by atoms with Crippen LogP contribution in [-0.2, 0) is 21.2 Å². The third kappa shape index (κ3) is 5.55. The van der Waals surface area contributed by atoms with Crippen molar-refractivity contribution in [2.24, 2.45) is 0 Å². The molecule has 0 saturated heterocycles. The van der Waals surface area contributed by atoms with E-state index in [2.05, 4.69) is 10.0 Å². The summed E-state index contributed by atoms with van der Waals surface area (Å²) in [4.78, 5) is 13.2. The van der Waals surface area contributed by atoms with Crippen molar-refractivity contribution in [1.82, 2.24) is 4.72 Å². The largest absolute Gasteiger partial charge is 0.324 e. The van der Waals surface area contributed by atoms with E-state index in [4.69, 9.17) is 0 Å². The van der Waals surface area contributed by atoms with Gasteiger partial charge in [0, 0.05) is 5.69 Å². The number of anilines is 1. The summed E-state index contributed by atoms with van der Waals surface area (Å²) in [6, 6.07) is 20.6. The molecule has 2 N–H and O–H groups in total. The number of carbonyl (C=O) groups excluding carboxylic acids is 1. The van der Waals surface area contributed by atoms with Crippen molar-refractivity contribution >= 4 is 21.6 Å². The third-order valence-corrected chi connectivity index (χ3v) is 6.36. The van der Waals surface area contributed by atoms with E-state index >= 15 is 0 Å². The van der Waals surface area contributed by atoms with Gasteiger partial charge < -0.3 is 5.32 Å². The van der Waals surface area contributed by atoms with Crippen LogP contribution in [0.1, 0.15) is 22.3 Å². The maximum atomic E-state index is 13.1. The molecule has 1 amide bonds. The first-order valence-corrected chi connectivity index (χ1v) is 11.2. The van der Waals surface area contributed by atoms with Gasteiger partial charge in [0.2, 0.25) is 15.9 Å². The molecule has 0 heterocycles. The summed E-state index contributed by atoms with van der Waals surface area (Å²) in [5.74, 6) is -0.401. The number of amides is 1. The topological polar surface area (TPSA) is 75.3 Å². The summed E-state index contributed by atoms with van der Waals surface area (Å²) in [5.41, 5.74) is 4.50. The molecule has 0 aromatic heterocycles. The molecular weight excluding hydrogens is 396 g/mol. The highest BCUT2D eigenvalue weighted by Gasteiger charge is 2.26. The number of rotatable bonds is 7. The molecule has 0 aliphatic rings. The minimum Gasteiger partial charge on any atom is -0.324 e. The Bertz CT molecular complexity index is 1120. The average Bonchev–Trinajstić information content (AvgIpc) is 2.70. The minimum atomic E-state index is -3.86. The van der Waals surface area contributed by atoms with Crippen LogP contribution in [0.5, 0.6) is 0 Å². The van der Waals surface area contributed by atoms with Crippen LogP contribution < -0.4 is 10.0 Å². The Balaban J connectivity index is 1.87. The Morgan fingerprint density at radius 2 is 1.50 bits per heavy atom. The number of sulfonamides is 1. The first-order chi connectivity index (χ1) is 14.2. The van der Waals surface area contributed by atoms with Gasteiger partial charge in [-0.2, -0.15) is 4.72 Å². The first kappa shape index (κ1) is 21.7. The lowest BCUT2D eigenvalue weighted by Gasteiger charge is -2.20. The van der Waals surface area contributed by atoms with Crippen molar-refractivity contribution in [2.75, 3.05) is 5.32 Å². The van der Waals surface area contributed by atoms with Gasteiger partial charge in [0.1, 0.15) is 6.04 Å². The van der Waals surface area contributed by atoms with Crippen molar-refractivity contribution in [3.63, 3.8) is 0 Å². The predicted octanol–water partition coefficient (Wildman–Crippen LogP) is 4.14. The number of hydrogen-bond acceptors (Lipinski definition) is 3. The SMILES string of the molecule is Cc1ccc(S(=O)(=O)NC(Cc2ccccc2)C(=O)Nc2ccc(C)cc2C)cc1. The highest BCUT2D eigenvalue weighted by Crippen LogP contribution is 2.18. The maximum Gasteiger partial charge on any atom is 0.242 e. The van der Waals surface area contributed by atoms with Crippen LogP contribution in [0.4, 0.5) is 5.69 Å². The van der Waals surface area contributed by atoms with E-state index in [1.54, 1.807) is 24.3 Å². The van der Waals surface area contributed by atoms with Crippen molar-refractivity contribution < 1.29 is 13.2 Å². The lowest BCUT2D eigenvalue weighted by Crippen LogP contribution is -2.45. The summed E-state index contributed by atoms with van der Waals surface area (Å²) < 4.78 is 28.4. The zero-order chi connectivity index (χ0) is 21.7. The fourth-order valence-corrected chi connectivity index (χ4v) is 4.38. The molecule has 0 aliphatic heterocycles. The smallest absolute Gasteiger partial charge is 0.242 e. The molecule has 0 fully saturated rings. The van der Waals surface area contributed by atoms with Crippen LogP contribution >= 0.6 is 0 Å². The highest BCUT2D eigenvalue weighted by molar-refractivity contribution is 7.89. The molecule has 3 aromatic carbocycles. The second-order valence-electron chi connectivity index (χ2n) is 7.48. The molecule has 0 radical (unpaired) electrons. The summed E-state index contributed by atoms with van der Waals surface area (Å²) >= 11 is 0. The number of aryl methyl sites for hydroxylation is 3. The molecule has 0 saturated carbocycles. The van der Waals surface area contributed by atoms with Crippen molar-refractivity contribution in [1.29, 1.82) is 0 Å². The van der Waals surface area contributed by atoms with Crippen LogP contribution in [0, 0.1) is 20.8 Å². The van der Waals surface area contributed by atoms with Crippen LogP contribution in [0.25, 0.3) is 0 Å². The van der Waals surface area contributed by atoms with Gasteiger partial charge in [-0.1, -0.05) is 65.7 Å². The first-order valence-electron chi connectivity index (χ1n) is 9.75. The van der Waals surface area contributed by atoms with E-state index in [9.17, 15) is 13.2 Å². The van der Waals surface area contributed by atoms with Gasteiger partial charge in [-0.25, -0.2) is 8.42 Å². The molecule has 3 rings (SSSR count). The van der Waals surface area contributed by atoms with E-state index < -0.39 is 22.0 Å². The fourth-order valence-electron chi connectivity index (χ4n) is 3.18. The maximum absolute atomic E-state index is 13.1. The average molecular weight is 423 g/mol. The standard InChI is InChI=1S/C24H26N2O3S/c1-17-9-12-21(13-10-17)30(28,29)26-23(16-20-7-5-4-6-8-20)24(27)25-22-14-11-18(2)15-19(22)3/h4-15,23,26H,16H2,1-3H3,(H,25,27). The van der Waals surface area contributed by atoms with E-state index in [1.165, 1.54) is 0 Å². The van der Waals surface area contributed by atoms with Gasteiger partial charge in [0.05, 0.1) is 4.90 Å². The van der Waals surface area contributed by atoms with E-state index in [0.717, 1.165) is 22.3 Å². The Labute approximate surface area is 178 Å². The molecule has 1 atom stereocenters. The monoisotopic (exact) mass is 422 g/mol. The Hall–Kier alpha value is -2.96. The molecule has 6 heteroatoms. The molecule has 1 unspecified atom stereocenters. The molecular formula is C24H26N2O3S. The number of carbonyl (C=O) groups is 1. The highest BCUT2D eigenvalue weighted by atomic mass is 32.2. The van der Waals surface area contributed by atoms with E-state index in [1.807, 2.05) is 69.3 Å². The van der Waals surface area contributed by atoms with Gasteiger partial charge in [-0.3, -0.25) is 4.79 Å². The predicted molar refractivity (Wildman–Crippen MR) is 120 cm³/mol. The van der Waals surface area contributed by atoms with Gasteiger partial charge in [-0.15, -0.1) is 0 Å².